The average molecular weight is 546 g/mol. The van der Waals surface area contributed by atoms with Crippen LogP contribution in [0.15, 0.2) is 24.3 Å². The Morgan fingerprint density at radius 2 is 1.82 bits per heavy atom. The van der Waals surface area contributed by atoms with E-state index in [1.807, 2.05) is 27.0 Å². The summed E-state index contributed by atoms with van der Waals surface area (Å²) in [5, 5.41) is 7.70. The van der Waals surface area contributed by atoms with Crippen LogP contribution in [0.1, 0.15) is 80.2 Å². The van der Waals surface area contributed by atoms with Gasteiger partial charge < -0.3 is 10.1 Å². The third-order valence-corrected chi connectivity index (χ3v) is 9.13. The molecule has 2 aromatic heterocycles. The van der Waals surface area contributed by atoms with Crippen LogP contribution in [-0.4, -0.2) is 51.3 Å². The molecule has 2 aliphatic carbocycles. The number of carbonyl (C=O) groups is 2. The van der Waals surface area contributed by atoms with E-state index in [4.69, 9.17) is 4.74 Å². The van der Waals surface area contributed by atoms with Gasteiger partial charge in [0.1, 0.15) is 23.9 Å². The van der Waals surface area contributed by atoms with Gasteiger partial charge in [0.25, 0.3) is 5.78 Å². The Bertz CT molecular complexity index is 1360. The first-order valence-corrected chi connectivity index (χ1v) is 15.0. The van der Waals surface area contributed by atoms with E-state index in [0.717, 1.165) is 55.8 Å². The molecule has 0 unspecified atom stereocenters. The Hall–Kier alpha value is -3.13. The van der Waals surface area contributed by atoms with Crippen LogP contribution >= 0.6 is 0 Å². The van der Waals surface area contributed by atoms with E-state index in [1.54, 1.807) is 4.52 Å². The molecule has 0 atom stereocenters. The van der Waals surface area contributed by atoms with Gasteiger partial charge in [0.05, 0.1) is 5.92 Å². The quantitative estimate of drug-likeness (QED) is 0.273. The zero-order valence-corrected chi connectivity index (χ0v) is 24.5. The third-order valence-electron chi connectivity index (χ3n) is 9.13. The summed E-state index contributed by atoms with van der Waals surface area (Å²) in [4.78, 5) is 36.4. The Morgan fingerprint density at radius 3 is 2.52 bits per heavy atom. The van der Waals surface area contributed by atoms with E-state index in [9.17, 15) is 9.59 Å². The standard InChI is InChI=1S/C32H43N5O3/c1-5-24-17-23(10-11-29(24)40-15-14-33-4)12-13-32(25-8-6-7-9-25)19-27(38)26(28(39)20-32)18-30-35-31-34-21(2)16-22(3)37(31)36-30/h10-11,16-17,25-26,33H,5-9,12-15,18-20H2,1-4H3. The number of ether oxygens (including phenoxy) is 1. The highest BCUT2D eigenvalue weighted by Gasteiger charge is 2.49. The summed E-state index contributed by atoms with van der Waals surface area (Å²) in [7, 11) is 1.92. The van der Waals surface area contributed by atoms with Crippen molar-refractivity contribution < 1.29 is 14.3 Å². The molecule has 0 spiro atoms. The fraction of sp³-hybridized carbons (Fsp3) is 0.594. The molecular weight excluding hydrogens is 502 g/mol. The lowest BCUT2D eigenvalue weighted by atomic mass is 9.59. The van der Waals surface area contributed by atoms with E-state index in [-0.39, 0.29) is 23.4 Å². The zero-order valence-electron chi connectivity index (χ0n) is 24.5. The van der Waals surface area contributed by atoms with Gasteiger partial charge >= 0.3 is 0 Å². The second-order valence-corrected chi connectivity index (χ2v) is 11.9. The minimum atomic E-state index is -0.658. The van der Waals surface area contributed by atoms with Gasteiger partial charge in [-0.2, -0.15) is 4.98 Å². The number of carbonyl (C=O) groups excluding carboxylic acids is 2. The van der Waals surface area contributed by atoms with Crippen molar-refractivity contribution in [1.29, 1.82) is 0 Å². The van der Waals surface area contributed by atoms with Crippen molar-refractivity contribution in [2.75, 3.05) is 20.2 Å². The highest BCUT2D eigenvalue weighted by Crippen LogP contribution is 2.51. The summed E-state index contributed by atoms with van der Waals surface area (Å²) in [6.07, 6.45) is 8.44. The van der Waals surface area contributed by atoms with Gasteiger partial charge in [0.2, 0.25) is 0 Å². The number of aryl methyl sites for hydroxylation is 4. The van der Waals surface area contributed by atoms with Crippen LogP contribution in [0.5, 0.6) is 5.75 Å². The van der Waals surface area contributed by atoms with E-state index in [0.29, 0.717) is 37.0 Å². The van der Waals surface area contributed by atoms with Gasteiger partial charge in [-0.1, -0.05) is 31.9 Å². The fourth-order valence-electron chi connectivity index (χ4n) is 6.96. The molecule has 214 valence electrons. The normalized spacial score (nSPS) is 21.9. The fourth-order valence-corrected chi connectivity index (χ4v) is 6.96. The highest BCUT2D eigenvalue weighted by atomic mass is 16.5. The van der Waals surface area contributed by atoms with Crippen molar-refractivity contribution in [2.45, 2.75) is 85.0 Å². The molecule has 2 fully saturated rings. The Kier molecular flexibility index (Phi) is 8.64. The summed E-state index contributed by atoms with van der Waals surface area (Å²) in [5.41, 5.74) is 4.02. The zero-order chi connectivity index (χ0) is 28.3. The predicted molar refractivity (Wildman–Crippen MR) is 155 cm³/mol. The molecule has 5 rings (SSSR count). The summed E-state index contributed by atoms with van der Waals surface area (Å²) in [5.74, 6) is 1.88. The number of aromatic nitrogens is 4. The van der Waals surface area contributed by atoms with Gasteiger partial charge in [0, 0.05) is 37.2 Å². The number of rotatable bonds is 11. The van der Waals surface area contributed by atoms with E-state index >= 15 is 0 Å². The summed E-state index contributed by atoms with van der Waals surface area (Å²) in [6, 6.07) is 8.43. The van der Waals surface area contributed by atoms with Gasteiger partial charge in [-0.15, -0.1) is 5.10 Å². The lowest BCUT2D eigenvalue weighted by molar-refractivity contribution is -0.142. The molecule has 2 saturated carbocycles. The number of nitrogens with zero attached hydrogens (tertiary/aromatic N) is 4. The number of likely N-dealkylation sites (N-methyl/N-ethyl adjacent to an activating group) is 1. The molecule has 2 heterocycles. The second-order valence-electron chi connectivity index (χ2n) is 11.9. The molecule has 40 heavy (non-hydrogen) atoms. The first-order chi connectivity index (χ1) is 19.3. The van der Waals surface area contributed by atoms with Gasteiger partial charge in [0.15, 0.2) is 5.82 Å². The molecule has 2 aliphatic rings. The number of ketones is 2. The second kappa shape index (κ2) is 12.2. The molecule has 8 nitrogen and oxygen atoms in total. The first kappa shape index (κ1) is 28.4. The number of Topliss-reactive ketones (excluding diaryl/α,β-unsaturated/α-hetero) is 2. The maximum Gasteiger partial charge on any atom is 0.252 e. The van der Waals surface area contributed by atoms with Gasteiger partial charge in [-0.3, -0.25) is 9.59 Å². The maximum absolute atomic E-state index is 13.7. The summed E-state index contributed by atoms with van der Waals surface area (Å²) < 4.78 is 7.67. The molecule has 8 heteroatoms. The van der Waals surface area contributed by atoms with Crippen LogP contribution in [0, 0.1) is 31.1 Å². The SMILES string of the molecule is CCc1cc(CCC2(C3CCCC3)CC(=O)C(Cc3nc4nc(C)cc(C)n4n3)C(=O)C2)ccc1OCCNC. The average Bonchev–Trinajstić information content (AvgIpc) is 3.61. The lowest BCUT2D eigenvalue weighted by Crippen LogP contribution is -2.45. The molecular formula is C32H43N5O3. The van der Waals surface area contributed by atoms with Crippen molar-refractivity contribution >= 4 is 17.3 Å². The monoisotopic (exact) mass is 545 g/mol. The topological polar surface area (TPSA) is 98.5 Å². The maximum atomic E-state index is 13.7. The first-order valence-electron chi connectivity index (χ1n) is 15.0. The number of benzene rings is 1. The molecule has 0 radical (unpaired) electrons. The smallest absolute Gasteiger partial charge is 0.252 e. The van der Waals surface area contributed by atoms with Gasteiger partial charge in [-0.05, 0) is 87.6 Å². The third kappa shape index (κ3) is 5.97. The van der Waals surface area contributed by atoms with Crippen molar-refractivity contribution in [3.63, 3.8) is 0 Å². The van der Waals surface area contributed by atoms with Crippen molar-refractivity contribution in [3.8, 4) is 5.75 Å². The number of fused-ring (bicyclic) bond motifs is 1. The van der Waals surface area contributed by atoms with Crippen LogP contribution in [0.2, 0.25) is 0 Å². The minimum absolute atomic E-state index is 0.0606. The molecule has 1 aromatic carbocycles. The molecule has 0 aliphatic heterocycles. The highest BCUT2D eigenvalue weighted by molar-refractivity contribution is 6.05. The summed E-state index contributed by atoms with van der Waals surface area (Å²) >= 11 is 0. The molecule has 0 saturated heterocycles. The number of hydrogen-bond donors (Lipinski definition) is 1. The van der Waals surface area contributed by atoms with Gasteiger partial charge in [-0.25, -0.2) is 9.50 Å². The Balaban J connectivity index is 1.32. The predicted octanol–water partition coefficient (Wildman–Crippen LogP) is 4.80. The van der Waals surface area contributed by atoms with E-state index < -0.39 is 5.92 Å². The van der Waals surface area contributed by atoms with Crippen LogP contribution in [-0.2, 0) is 28.9 Å². The molecule has 3 aromatic rings. The molecule has 0 amide bonds. The van der Waals surface area contributed by atoms with Crippen LogP contribution in [0.25, 0.3) is 5.78 Å². The summed E-state index contributed by atoms with van der Waals surface area (Å²) in [6.45, 7) is 7.48. The lowest BCUT2D eigenvalue weighted by Gasteiger charge is -2.43. The molecule has 0 bridgehead atoms. The number of nitrogens with one attached hydrogen (secondary N) is 1. The minimum Gasteiger partial charge on any atom is -0.492 e. The van der Waals surface area contributed by atoms with Crippen molar-refractivity contribution in [2.24, 2.45) is 17.3 Å². The van der Waals surface area contributed by atoms with Crippen molar-refractivity contribution in [3.05, 3.63) is 52.6 Å². The van der Waals surface area contributed by atoms with Crippen molar-refractivity contribution in [1.82, 2.24) is 24.9 Å². The van der Waals surface area contributed by atoms with Crippen LogP contribution in [0.4, 0.5) is 0 Å². The van der Waals surface area contributed by atoms with E-state index in [2.05, 4.69) is 45.5 Å². The largest absolute Gasteiger partial charge is 0.492 e. The Labute approximate surface area is 237 Å². The molecule has 1 N–H and O–H groups in total. The Morgan fingerprint density at radius 1 is 1.07 bits per heavy atom. The number of hydrogen-bond acceptors (Lipinski definition) is 7. The van der Waals surface area contributed by atoms with E-state index in [1.165, 1.54) is 24.0 Å². The van der Waals surface area contributed by atoms with Crippen LogP contribution in [0.3, 0.4) is 0 Å². The van der Waals surface area contributed by atoms with Crippen LogP contribution < -0.4 is 10.1 Å².